The highest BCUT2D eigenvalue weighted by molar-refractivity contribution is 5.86. The quantitative estimate of drug-likeness (QED) is 0.268. The first-order valence-electron chi connectivity index (χ1n) is 15.7. The second-order valence-corrected chi connectivity index (χ2v) is 12.6. The maximum absolute atomic E-state index is 13.0. The molecule has 1 saturated heterocycles. The molecule has 12 heteroatoms. The normalized spacial score (nSPS) is 25.9. The topological polar surface area (TPSA) is 126 Å². The van der Waals surface area contributed by atoms with Crippen LogP contribution in [0, 0.1) is 0 Å². The molecule has 4 fully saturated rings. The van der Waals surface area contributed by atoms with Gasteiger partial charge in [0.05, 0.1) is 6.33 Å². The van der Waals surface area contributed by atoms with E-state index in [1.54, 1.807) is 0 Å². The lowest BCUT2D eigenvalue weighted by molar-refractivity contribution is 0.183. The molecular weight excluding hydrogens is 585 g/mol. The standard InChI is InChI=1S/C31H43N9O.2ClH/c32-21-10-12-22(13-11-21)35-30-37-28(27-29(38-30)40(19-33-27)24-8-4-5-9-24)34-23-14-16-39(17-15-23)31(41)36-26-18-25(26)20-6-2-1-3-7-20;;/h1-3,6-7,19,21-26H,4-5,8-18,32H2,(H,36,41)(H2,34,35,37,38);2*1H. The highest BCUT2D eigenvalue weighted by Gasteiger charge is 2.40. The van der Waals surface area contributed by atoms with E-state index in [9.17, 15) is 4.79 Å². The van der Waals surface area contributed by atoms with E-state index in [0.29, 0.717) is 30.0 Å². The van der Waals surface area contributed by atoms with Gasteiger partial charge in [-0.05, 0) is 63.4 Å². The van der Waals surface area contributed by atoms with Gasteiger partial charge in [0, 0.05) is 49.2 Å². The van der Waals surface area contributed by atoms with Crippen LogP contribution in [0.4, 0.5) is 16.6 Å². The van der Waals surface area contributed by atoms with Crippen molar-refractivity contribution in [2.75, 3.05) is 23.7 Å². The number of benzene rings is 1. The summed E-state index contributed by atoms with van der Waals surface area (Å²) >= 11 is 0. The Morgan fingerprint density at radius 2 is 1.56 bits per heavy atom. The van der Waals surface area contributed by atoms with Gasteiger partial charge in [-0.15, -0.1) is 24.8 Å². The Morgan fingerprint density at radius 3 is 2.28 bits per heavy atom. The third-order valence-corrected chi connectivity index (χ3v) is 9.69. The SMILES string of the molecule is Cl.Cl.NC1CCC(Nc2nc(NC3CCN(C(=O)NC4CC4c4ccccc4)CC3)c3ncn(C4CCCC4)c3n2)CC1. The average molecular weight is 631 g/mol. The monoisotopic (exact) mass is 629 g/mol. The van der Waals surface area contributed by atoms with Crippen LogP contribution < -0.4 is 21.7 Å². The van der Waals surface area contributed by atoms with Gasteiger partial charge < -0.3 is 31.2 Å². The molecule has 2 amide bonds. The molecule has 4 aliphatic rings. The van der Waals surface area contributed by atoms with E-state index < -0.39 is 0 Å². The zero-order chi connectivity index (χ0) is 27.8. The Balaban J connectivity index is 0.00000184. The fraction of sp³-hybridized carbons (Fsp3) is 0.613. The summed E-state index contributed by atoms with van der Waals surface area (Å²) in [6.07, 6.45) is 13.7. The summed E-state index contributed by atoms with van der Waals surface area (Å²) in [5.41, 5.74) is 9.22. The van der Waals surface area contributed by atoms with E-state index in [2.05, 4.69) is 44.8 Å². The van der Waals surface area contributed by atoms with Gasteiger partial charge in [-0.3, -0.25) is 0 Å². The molecule has 2 unspecified atom stereocenters. The number of nitrogens with one attached hydrogen (secondary N) is 3. The number of halogens is 2. The van der Waals surface area contributed by atoms with Gasteiger partial charge in [0.15, 0.2) is 17.0 Å². The number of carbonyl (C=O) groups is 1. The number of hydrogen-bond acceptors (Lipinski definition) is 7. The summed E-state index contributed by atoms with van der Waals surface area (Å²) in [6, 6.07) is 12.1. The molecule has 3 saturated carbocycles. The van der Waals surface area contributed by atoms with Crippen LogP contribution in [0.15, 0.2) is 36.7 Å². The van der Waals surface area contributed by atoms with E-state index in [0.717, 1.165) is 75.0 Å². The number of carbonyl (C=O) groups excluding carboxylic acids is 1. The van der Waals surface area contributed by atoms with Gasteiger partial charge in [-0.1, -0.05) is 43.2 Å². The van der Waals surface area contributed by atoms with Crippen molar-refractivity contribution in [1.29, 1.82) is 0 Å². The number of amides is 2. The molecular formula is C31H45Cl2N9O. The lowest BCUT2D eigenvalue weighted by Crippen LogP contribution is -2.47. The number of imidazole rings is 1. The first-order valence-corrected chi connectivity index (χ1v) is 15.7. The maximum Gasteiger partial charge on any atom is 0.317 e. The average Bonchev–Trinajstić information content (AvgIpc) is 3.34. The van der Waals surface area contributed by atoms with Crippen LogP contribution in [0.2, 0.25) is 0 Å². The number of fused-ring (bicyclic) bond motifs is 1. The summed E-state index contributed by atoms with van der Waals surface area (Å²) < 4.78 is 2.27. The summed E-state index contributed by atoms with van der Waals surface area (Å²) in [6.45, 7) is 1.45. The van der Waals surface area contributed by atoms with Crippen molar-refractivity contribution in [1.82, 2.24) is 29.7 Å². The number of nitrogens with two attached hydrogens (primary N) is 1. The lowest BCUT2D eigenvalue weighted by Gasteiger charge is -2.33. The van der Waals surface area contributed by atoms with Gasteiger partial charge >= 0.3 is 6.03 Å². The van der Waals surface area contributed by atoms with Crippen molar-refractivity contribution < 1.29 is 4.79 Å². The molecule has 10 nitrogen and oxygen atoms in total. The molecule has 5 N–H and O–H groups in total. The van der Waals surface area contributed by atoms with E-state index in [-0.39, 0.29) is 42.9 Å². The van der Waals surface area contributed by atoms with Crippen LogP contribution in [0.5, 0.6) is 0 Å². The number of urea groups is 1. The highest BCUT2D eigenvalue weighted by atomic mass is 35.5. The molecule has 7 rings (SSSR count). The summed E-state index contributed by atoms with van der Waals surface area (Å²) in [5, 5.41) is 10.6. The largest absolute Gasteiger partial charge is 0.365 e. The minimum Gasteiger partial charge on any atom is -0.365 e. The van der Waals surface area contributed by atoms with Crippen LogP contribution in [-0.2, 0) is 0 Å². The molecule has 3 aromatic rings. The van der Waals surface area contributed by atoms with Crippen molar-refractivity contribution in [2.45, 2.75) is 107 Å². The van der Waals surface area contributed by atoms with Crippen LogP contribution >= 0.6 is 24.8 Å². The zero-order valence-corrected chi connectivity index (χ0v) is 26.3. The van der Waals surface area contributed by atoms with Crippen molar-refractivity contribution in [3.63, 3.8) is 0 Å². The Morgan fingerprint density at radius 1 is 0.860 bits per heavy atom. The Labute approximate surface area is 266 Å². The van der Waals surface area contributed by atoms with E-state index in [4.69, 9.17) is 20.7 Å². The molecule has 3 heterocycles. The molecule has 1 aromatic carbocycles. The number of anilines is 2. The van der Waals surface area contributed by atoms with Crippen LogP contribution in [-0.4, -0.2) is 67.7 Å². The number of piperidine rings is 1. The highest BCUT2D eigenvalue weighted by Crippen LogP contribution is 2.41. The first-order chi connectivity index (χ1) is 20.1. The van der Waals surface area contributed by atoms with Crippen LogP contribution in [0.25, 0.3) is 11.2 Å². The number of rotatable bonds is 7. The minimum atomic E-state index is 0. The third-order valence-electron chi connectivity index (χ3n) is 9.69. The molecule has 0 radical (unpaired) electrons. The third kappa shape index (κ3) is 7.13. The van der Waals surface area contributed by atoms with Crippen molar-refractivity contribution in [3.8, 4) is 0 Å². The van der Waals surface area contributed by atoms with Crippen LogP contribution in [0.1, 0.15) is 88.2 Å². The molecule has 1 aliphatic heterocycles. The summed E-state index contributed by atoms with van der Waals surface area (Å²) in [4.78, 5) is 29.7. The Kier molecular flexibility index (Phi) is 10.2. The molecule has 0 bridgehead atoms. The number of aromatic nitrogens is 4. The predicted octanol–water partition coefficient (Wildman–Crippen LogP) is 5.61. The van der Waals surface area contributed by atoms with Crippen molar-refractivity contribution in [3.05, 3.63) is 42.2 Å². The van der Waals surface area contributed by atoms with Gasteiger partial charge in [0.2, 0.25) is 5.95 Å². The molecule has 2 atom stereocenters. The number of likely N-dealkylation sites (tertiary alicyclic amines) is 1. The molecule has 2 aromatic heterocycles. The van der Waals surface area contributed by atoms with Crippen molar-refractivity contribution in [2.24, 2.45) is 5.73 Å². The fourth-order valence-electron chi connectivity index (χ4n) is 7.07. The molecule has 234 valence electrons. The Bertz CT molecular complexity index is 1350. The molecule has 0 spiro atoms. The van der Waals surface area contributed by atoms with Gasteiger partial charge in [-0.25, -0.2) is 9.78 Å². The molecule has 43 heavy (non-hydrogen) atoms. The maximum atomic E-state index is 13.0. The van der Waals surface area contributed by atoms with Crippen LogP contribution in [0.3, 0.4) is 0 Å². The summed E-state index contributed by atoms with van der Waals surface area (Å²) in [5.74, 6) is 1.92. The zero-order valence-electron chi connectivity index (χ0n) is 24.7. The van der Waals surface area contributed by atoms with Gasteiger partial charge in [0.1, 0.15) is 0 Å². The minimum absolute atomic E-state index is 0. The fourth-order valence-corrected chi connectivity index (χ4v) is 7.07. The van der Waals surface area contributed by atoms with Gasteiger partial charge in [0.25, 0.3) is 0 Å². The number of hydrogen-bond donors (Lipinski definition) is 4. The van der Waals surface area contributed by atoms with E-state index in [1.165, 1.54) is 31.2 Å². The first kappa shape index (κ1) is 31.6. The second kappa shape index (κ2) is 13.9. The predicted molar refractivity (Wildman–Crippen MR) is 176 cm³/mol. The lowest BCUT2D eigenvalue weighted by atomic mass is 9.92. The van der Waals surface area contributed by atoms with E-state index in [1.807, 2.05) is 17.3 Å². The summed E-state index contributed by atoms with van der Waals surface area (Å²) in [7, 11) is 0. The number of nitrogens with zero attached hydrogens (tertiary/aromatic N) is 5. The van der Waals surface area contributed by atoms with Crippen molar-refractivity contribution >= 4 is 53.8 Å². The van der Waals surface area contributed by atoms with E-state index >= 15 is 0 Å². The molecule has 3 aliphatic carbocycles. The smallest absolute Gasteiger partial charge is 0.317 e. The Hall–Kier alpha value is -2.82. The van der Waals surface area contributed by atoms with Gasteiger partial charge in [-0.2, -0.15) is 9.97 Å². The second-order valence-electron chi connectivity index (χ2n) is 12.6.